The maximum Gasteiger partial charge on any atom is 0.228 e. The molecule has 5 nitrogen and oxygen atoms in total. The van der Waals surface area contributed by atoms with Crippen LogP contribution in [0.25, 0.3) is 0 Å². The lowest BCUT2D eigenvalue weighted by molar-refractivity contribution is -0.116. The first-order valence-corrected chi connectivity index (χ1v) is 10.4. The number of anilines is 1. The van der Waals surface area contributed by atoms with E-state index in [0.29, 0.717) is 35.6 Å². The summed E-state index contributed by atoms with van der Waals surface area (Å²) in [6, 6.07) is 12.7. The molecule has 4 rings (SSSR count). The Bertz CT molecular complexity index is 1060. The molecule has 0 atom stereocenters. The fourth-order valence-corrected chi connectivity index (χ4v) is 4.52. The summed E-state index contributed by atoms with van der Waals surface area (Å²) in [5, 5.41) is 0. The topological polar surface area (TPSA) is 57.7 Å². The molecule has 154 valence electrons. The van der Waals surface area contributed by atoms with Crippen molar-refractivity contribution in [3.05, 3.63) is 76.1 Å². The Kier molecular flexibility index (Phi) is 5.29. The zero-order valence-corrected chi connectivity index (χ0v) is 17.7. The summed E-state index contributed by atoms with van der Waals surface area (Å²) in [6.45, 7) is 6.77. The summed E-state index contributed by atoms with van der Waals surface area (Å²) in [5.74, 6) is -0.747. The molecule has 2 aromatic rings. The van der Waals surface area contributed by atoms with E-state index in [1.54, 1.807) is 24.3 Å². The lowest BCUT2D eigenvalue weighted by Crippen LogP contribution is -2.43. The molecule has 2 aromatic carbocycles. The molecule has 30 heavy (non-hydrogen) atoms. The van der Waals surface area contributed by atoms with Crippen molar-refractivity contribution in [2.24, 2.45) is 0 Å². The number of fused-ring (bicyclic) bond motifs is 1. The fraction of sp³-hybridized carbons (Fsp3) is 0.320. The summed E-state index contributed by atoms with van der Waals surface area (Å²) >= 11 is 0. The van der Waals surface area contributed by atoms with Gasteiger partial charge in [0.05, 0.1) is 0 Å². The van der Waals surface area contributed by atoms with Crippen LogP contribution in [-0.4, -0.2) is 35.5 Å². The molecule has 0 aromatic heterocycles. The molecule has 1 aliphatic heterocycles. The summed E-state index contributed by atoms with van der Waals surface area (Å²) < 4.78 is 0. The van der Waals surface area contributed by atoms with Gasteiger partial charge in [-0.2, -0.15) is 0 Å². The molecular weight excluding hydrogens is 376 g/mol. The van der Waals surface area contributed by atoms with E-state index in [2.05, 4.69) is 0 Å². The number of carbonyl (C=O) groups excluding carboxylic acids is 3. The summed E-state index contributed by atoms with van der Waals surface area (Å²) in [5.41, 5.74) is 3.90. The molecule has 1 fully saturated rings. The third-order valence-electron chi connectivity index (χ3n) is 5.75. The van der Waals surface area contributed by atoms with Crippen molar-refractivity contribution in [3.8, 4) is 0 Å². The molecule has 0 N–H and O–H groups in total. The third kappa shape index (κ3) is 3.45. The number of ketones is 2. The van der Waals surface area contributed by atoms with Gasteiger partial charge < -0.3 is 4.90 Å². The first-order chi connectivity index (χ1) is 14.4. The van der Waals surface area contributed by atoms with Gasteiger partial charge in [-0.05, 0) is 56.4 Å². The highest BCUT2D eigenvalue weighted by atomic mass is 16.2. The van der Waals surface area contributed by atoms with Crippen molar-refractivity contribution in [2.75, 3.05) is 18.0 Å². The number of hydrogen-bond acceptors (Lipinski definition) is 4. The number of allylic oxidation sites excluding steroid dienone is 2. The monoisotopic (exact) mass is 402 g/mol. The van der Waals surface area contributed by atoms with E-state index in [9.17, 15) is 14.4 Å². The van der Waals surface area contributed by atoms with Gasteiger partial charge in [-0.15, -0.1) is 0 Å². The van der Waals surface area contributed by atoms with E-state index in [1.807, 2.05) is 36.9 Å². The zero-order valence-electron chi connectivity index (χ0n) is 17.7. The van der Waals surface area contributed by atoms with Gasteiger partial charge in [0, 0.05) is 36.8 Å². The number of likely N-dealkylation sites (tertiary alicyclic amines) is 1. The van der Waals surface area contributed by atoms with Gasteiger partial charge in [0.25, 0.3) is 0 Å². The average Bonchev–Trinajstić information content (AvgIpc) is 2.71. The van der Waals surface area contributed by atoms with Gasteiger partial charge in [0.1, 0.15) is 11.4 Å². The maximum atomic E-state index is 13.7. The molecule has 0 spiro atoms. The average molecular weight is 402 g/mol. The predicted molar refractivity (Wildman–Crippen MR) is 117 cm³/mol. The second-order valence-corrected chi connectivity index (χ2v) is 8.15. The smallest absolute Gasteiger partial charge is 0.228 e. The van der Waals surface area contributed by atoms with E-state index in [-0.39, 0.29) is 23.2 Å². The minimum Gasteiger partial charge on any atom is -0.367 e. The number of rotatable bonds is 3. The third-order valence-corrected chi connectivity index (χ3v) is 5.75. The quantitative estimate of drug-likeness (QED) is 0.762. The van der Waals surface area contributed by atoms with Gasteiger partial charge in [-0.1, -0.05) is 30.3 Å². The highest BCUT2D eigenvalue weighted by molar-refractivity contribution is 6.29. The van der Waals surface area contributed by atoms with Crippen LogP contribution < -0.4 is 4.90 Å². The van der Waals surface area contributed by atoms with Crippen molar-refractivity contribution >= 4 is 23.2 Å². The van der Waals surface area contributed by atoms with Crippen LogP contribution in [0.5, 0.6) is 0 Å². The van der Waals surface area contributed by atoms with Crippen LogP contribution >= 0.6 is 0 Å². The molecule has 0 saturated carbocycles. The molecule has 0 unspecified atom stereocenters. The fourth-order valence-electron chi connectivity index (χ4n) is 4.52. The summed E-state index contributed by atoms with van der Waals surface area (Å²) in [6.07, 6.45) is 3.03. The second-order valence-electron chi connectivity index (χ2n) is 8.15. The summed E-state index contributed by atoms with van der Waals surface area (Å²) in [7, 11) is 0. The highest BCUT2D eigenvalue weighted by Gasteiger charge is 2.39. The van der Waals surface area contributed by atoms with Crippen molar-refractivity contribution in [1.82, 2.24) is 4.90 Å². The zero-order chi connectivity index (χ0) is 21.4. The van der Waals surface area contributed by atoms with Crippen LogP contribution in [0.4, 0.5) is 5.69 Å². The Balaban J connectivity index is 1.98. The Labute approximate surface area is 177 Å². The second kappa shape index (κ2) is 7.90. The van der Waals surface area contributed by atoms with Crippen LogP contribution in [0.2, 0.25) is 0 Å². The van der Waals surface area contributed by atoms with Crippen molar-refractivity contribution < 1.29 is 14.4 Å². The molecule has 1 saturated heterocycles. The number of nitrogens with zero attached hydrogens (tertiary/aromatic N) is 2. The van der Waals surface area contributed by atoms with Crippen LogP contribution in [0, 0.1) is 13.8 Å². The number of Topliss-reactive ketones (excluding diaryl/α,β-unsaturated/α-hetero) is 2. The van der Waals surface area contributed by atoms with Crippen molar-refractivity contribution in [2.45, 2.75) is 40.0 Å². The largest absolute Gasteiger partial charge is 0.367 e. The van der Waals surface area contributed by atoms with E-state index < -0.39 is 0 Å². The van der Waals surface area contributed by atoms with Crippen LogP contribution in [0.1, 0.15) is 58.0 Å². The molecule has 0 bridgehead atoms. The van der Waals surface area contributed by atoms with Gasteiger partial charge >= 0.3 is 0 Å². The highest BCUT2D eigenvalue weighted by Crippen LogP contribution is 2.35. The van der Waals surface area contributed by atoms with Gasteiger partial charge in [0.2, 0.25) is 17.5 Å². The number of amides is 1. The van der Waals surface area contributed by atoms with E-state index in [1.165, 1.54) is 11.8 Å². The van der Waals surface area contributed by atoms with Crippen LogP contribution in [0.3, 0.4) is 0 Å². The number of aryl methyl sites for hydroxylation is 2. The van der Waals surface area contributed by atoms with E-state index >= 15 is 0 Å². The SMILES string of the molecule is CC(=O)N(C1=C(N2CCCCC2)C(=O)c2ccccc2C1=O)c1cc(C)cc(C)c1. The summed E-state index contributed by atoms with van der Waals surface area (Å²) in [4.78, 5) is 43.5. The first kappa shape index (κ1) is 20.1. The van der Waals surface area contributed by atoms with Gasteiger partial charge in [-0.3, -0.25) is 19.3 Å². The van der Waals surface area contributed by atoms with Crippen LogP contribution in [0.15, 0.2) is 53.9 Å². The van der Waals surface area contributed by atoms with E-state index in [0.717, 1.165) is 30.4 Å². The molecule has 1 amide bonds. The Morgan fingerprint density at radius 3 is 2.00 bits per heavy atom. The standard InChI is InChI=1S/C25H26N2O3/c1-16-13-17(2)15-19(14-16)27(18(3)28)23-22(26-11-7-4-8-12-26)24(29)20-9-5-6-10-21(20)25(23)30/h5-6,9-10,13-15H,4,7-8,11-12H2,1-3H3. The van der Waals surface area contributed by atoms with E-state index in [4.69, 9.17) is 0 Å². The first-order valence-electron chi connectivity index (χ1n) is 10.4. The number of hydrogen-bond donors (Lipinski definition) is 0. The minimum atomic E-state index is -0.287. The Morgan fingerprint density at radius 1 is 0.867 bits per heavy atom. The van der Waals surface area contributed by atoms with Crippen molar-refractivity contribution in [1.29, 1.82) is 0 Å². The molecule has 1 aliphatic carbocycles. The molecular formula is C25H26N2O3. The predicted octanol–water partition coefficient (Wildman–Crippen LogP) is 4.43. The number of piperidine rings is 1. The molecule has 1 heterocycles. The lowest BCUT2D eigenvalue weighted by atomic mass is 9.88. The van der Waals surface area contributed by atoms with Gasteiger partial charge in [0.15, 0.2) is 0 Å². The Hall–Kier alpha value is -3.21. The Morgan fingerprint density at radius 2 is 1.43 bits per heavy atom. The molecule has 2 aliphatic rings. The minimum absolute atomic E-state index is 0.179. The normalized spacial score (nSPS) is 16.6. The molecule has 0 radical (unpaired) electrons. The maximum absolute atomic E-state index is 13.7. The van der Waals surface area contributed by atoms with Crippen LogP contribution in [-0.2, 0) is 4.79 Å². The number of carbonyl (C=O) groups is 3. The lowest BCUT2D eigenvalue weighted by Gasteiger charge is -2.36. The molecule has 5 heteroatoms. The van der Waals surface area contributed by atoms with Gasteiger partial charge in [-0.25, -0.2) is 0 Å². The number of benzene rings is 2. The van der Waals surface area contributed by atoms with Crippen molar-refractivity contribution in [3.63, 3.8) is 0 Å².